The zero-order valence-electron chi connectivity index (χ0n) is 11.0. The third kappa shape index (κ3) is 6.76. The molecule has 0 saturated carbocycles. The average Bonchev–Trinajstić information content (AvgIpc) is 2.26. The fraction of sp³-hybridized carbons (Fsp3) is 0.545. The number of hydrogen-bond donors (Lipinski definition) is 2. The summed E-state index contributed by atoms with van der Waals surface area (Å²) in [7, 11) is 0. The molecule has 0 fully saturated rings. The lowest BCUT2D eigenvalue weighted by molar-refractivity contribution is 0.0530. The van der Waals surface area contributed by atoms with E-state index in [1.807, 2.05) is 20.8 Å². The summed E-state index contributed by atoms with van der Waals surface area (Å²) in [6, 6.07) is 0. The number of ether oxygens (including phenoxy) is 1. The fourth-order valence-electron chi connectivity index (χ4n) is 1.13. The summed E-state index contributed by atoms with van der Waals surface area (Å²) in [5.74, 6) is 0.645. The molecule has 0 unspecified atom stereocenters. The molecule has 6 nitrogen and oxygen atoms in total. The van der Waals surface area contributed by atoms with Gasteiger partial charge < -0.3 is 15.4 Å². The minimum Gasteiger partial charge on any atom is -0.444 e. The van der Waals surface area contributed by atoms with E-state index in [-0.39, 0.29) is 5.28 Å². The highest BCUT2D eigenvalue weighted by Gasteiger charge is 2.15. The first-order chi connectivity index (χ1) is 8.78. The summed E-state index contributed by atoms with van der Waals surface area (Å²) >= 11 is 7.80. The van der Waals surface area contributed by atoms with Gasteiger partial charge in [-0.3, -0.25) is 0 Å². The summed E-state index contributed by atoms with van der Waals surface area (Å²) in [5.41, 5.74) is -0.493. The molecule has 19 heavy (non-hydrogen) atoms. The minimum absolute atomic E-state index is 0.183. The van der Waals surface area contributed by atoms with Crippen LogP contribution in [0.25, 0.3) is 0 Å². The molecule has 0 saturated heterocycles. The Hall–Kier alpha value is -0.830. The monoisotopic (exact) mass is 398 g/mol. The van der Waals surface area contributed by atoms with Crippen LogP contribution in [0.4, 0.5) is 10.6 Å². The van der Waals surface area contributed by atoms with Gasteiger partial charge in [0.05, 0.1) is 3.57 Å². The predicted molar refractivity (Wildman–Crippen MR) is 82.5 cm³/mol. The summed E-state index contributed by atoms with van der Waals surface area (Å²) in [5, 5.41) is 5.88. The van der Waals surface area contributed by atoms with Crippen molar-refractivity contribution in [3.63, 3.8) is 0 Å². The highest BCUT2D eigenvalue weighted by atomic mass is 127. The van der Waals surface area contributed by atoms with Crippen LogP contribution in [0.5, 0.6) is 0 Å². The Morgan fingerprint density at radius 3 is 2.79 bits per heavy atom. The quantitative estimate of drug-likeness (QED) is 0.463. The molecule has 1 rings (SSSR count). The van der Waals surface area contributed by atoms with E-state index in [1.165, 1.54) is 0 Å². The van der Waals surface area contributed by atoms with E-state index in [0.717, 1.165) is 3.57 Å². The van der Waals surface area contributed by atoms with E-state index < -0.39 is 11.7 Å². The molecule has 0 aliphatic carbocycles. The second-order valence-corrected chi connectivity index (χ2v) is 6.19. The lowest BCUT2D eigenvalue weighted by Crippen LogP contribution is -2.35. The number of aromatic nitrogens is 2. The van der Waals surface area contributed by atoms with Gasteiger partial charge in [0.2, 0.25) is 5.28 Å². The van der Waals surface area contributed by atoms with Crippen LogP contribution in [0.1, 0.15) is 20.8 Å². The van der Waals surface area contributed by atoms with Crippen LogP contribution in [-0.4, -0.2) is 34.8 Å². The van der Waals surface area contributed by atoms with Crippen molar-refractivity contribution in [2.75, 3.05) is 18.4 Å². The molecule has 0 radical (unpaired) electrons. The maximum atomic E-state index is 11.4. The van der Waals surface area contributed by atoms with Gasteiger partial charge in [0.25, 0.3) is 0 Å². The lowest BCUT2D eigenvalue weighted by Gasteiger charge is -2.19. The van der Waals surface area contributed by atoms with Crippen LogP contribution in [0.15, 0.2) is 6.20 Å². The standard InChI is InChI=1S/C11H16ClIN4O2/c1-11(2,3)19-10(18)15-5-4-14-8-7(13)6-16-9(12)17-8/h6H,4-5H2,1-3H3,(H,15,18)(H,14,16,17). The van der Waals surface area contributed by atoms with Gasteiger partial charge >= 0.3 is 6.09 Å². The first-order valence-electron chi connectivity index (χ1n) is 5.67. The Bertz CT molecular complexity index is 451. The molecule has 0 aromatic carbocycles. The summed E-state index contributed by atoms with van der Waals surface area (Å²) in [6.07, 6.45) is 1.18. The fourth-order valence-corrected chi connectivity index (χ4v) is 1.71. The van der Waals surface area contributed by atoms with Crippen molar-refractivity contribution in [3.05, 3.63) is 15.1 Å². The minimum atomic E-state index is -0.493. The average molecular weight is 399 g/mol. The van der Waals surface area contributed by atoms with Crippen LogP contribution in [0.2, 0.25) is 5.28 Å². The smallest absolute Gasteiger partial charge is 0.407 e. The maximum absolute atomic E-state index is 11.4. The molecule has 1 heterocycles. The molecular weight excluding hydrogens is 383 g/mol. The molecule has 2 N–H and O–H groups in total. The maximum Gasteiger partial charge on any atom is 0.407 e. The highest BCUT2D eigenvalue weighted by Crippen LogP contribution is 2.15. The Kier molecular flexibility index (Phi) is 6.05. The van der Waals surface area contributed by atoms with Crippen molar-refractivity contribution >= 4 is 46.1 Å². The van der Waals surface area contributed by atoms with Gasteiger partial charge in [-0.05, 0) is 55.0 Å². The zero-order valence-corrected chi connectivity index (χ0v) is 13.9. The SMILES string of the molecule is CC(C)(C)OC(=O)NCCNc1nc(Cl)ncc1I. The molecule has 1 aromatic rings. The largest absolute Gasteiger partial charge is 0.444 e. The van der Waals surface area contributed by atoms with Crippen molar-refractivity contribution in [1.82, 2.24) is 15.3 Å². The van der Waals surface area contributed by atoms with Crippen LogP contribution >= 0.6 is 34.2 Å². The van der Waals surface area contributed by atoms with Gasteiger partial charge in [-0.15, -0.1) is 0 Å². The normalized spacial score (nSPS) is 11.0. The Balaban J connectivity index is 2.31. The van der Waals surface area contributed by atoms with Crippen LogP contribution in [-0.2, 0) is 4.74 Å². The molecule has 0 bridgehead atoms. The highest BCUT2D eigenvalue weighted by molar-refractivity contribution is 14.1. The number of alkyl carbamates (subject to hydrolysis) is 1. The molecule has 0 aliphatic rings. The van der Waals surface area contributed by atoms with E-state index >= 15 is 0 Å². The third-order valence-corrected chi connectivity index (χ3v) is 2.77. The lowest BCUT2D eigenvalue weighted by atomic mass is 10.2. The number of hydrogen-bond acceptors (Lipinski definition) is 5. The summed E-state index contributed by atoms with van der Waals surface area (Å²) < 4.78 is 5.97. The molecule has 1 amide bonds. The number of halogens is 2. The second kappa shape index (κ2) is 7.09. The molecule has 8 heteroatoms. The first-order valence-corrected chi connectivity index (χ1v) is 7.12. The predicted octanol–water partition coefficient (Wildman–Crippen LogP) is 2.67. The number of carbonyl (C=O) groups excluding carboxylic acids is 1. The van der Waals surface area contributed by atoms with Crippen LogP contribution < -0.4 is 10.6 Å². The van der Waals surface area contributed by atoms with E-state index in [4.69, 9.17) is 16.3 Å². The van der Waals surface area contributed by atoms with Crippen LogP contribution in [0, 0.1) is 3.57 Å². The topological polar surface area (TPSA) is 76.1 Å². The molecule has 0 aliphatic heterocycles. The van der Waals surface area contributed by atoms with Gasteiger partial charge in [-0.25, -0.2) is 9.78 Å². The Labute approximate surface area is 130 Å². The van der Waals surface area contributed by atoms with E-state index in [9.17, 15) is 4.79 Å². The van der Waals surface area contributed by atoms with Gasteiger partial charge in [-0.2, -0.15) is 4.98 Å². The van der Waals surface area contributed by atoms with Crippen molar-refractivity contribution < 1.29 is 9.53 Å². The van der Waals surface area contributed by atoms with E-state index in [1.54, 1.807) is 6.20 Å². The second-order valence-electron chi connectivity index (χ2n) is 4.69. The molecule has 0 spiro atoms. The summed E-state index contributed by atoms with van der Waals surface area (Å²) in [6.45, 7) is 6.39. The molecule has 106 valence electrons. The number of rotatable bonds is 4. The zero-order chi connectivity index (χ0) is 14.5. The van der Waals surface area contributed by atoms with Crippen LogP contribution in [0.3, 0.4) is 0 Å². The van der Waals surface area contributed by atoms with Crippen molar-refractivity contribution in [2.45, 2.75) is 26.4 Å². The van der Waals surface area contributed by atoms with Gasteiger partial charge in [0, 0.05) is 19.3 Å². The number of nitrogens with zero attached hydrogens (tertiary/aromatic N) is 2. The Morgan fingerprint density at radius 2 is 2.16 bits per heavy atom. The number of amides is 1. The third-order valence-electron chi connectivity index (χ3n) is 1.80. The first kappa shape index (κ1) is 16.2. The van der Waals surface area contributed by atoms with E-state index in [0.29, 0.717) is 18.9 Å². The van der Waals surface area contributed by atoms with Gasteiger partial charge in [0.15, 0.2) is 0 Å². The van der Waals surface area contributed by atoms with Crippen molar-refractivity contribution in [1.29, 1.82) is 0 Å². The summed E-state index contributed by atoms with van der Waals surface area (Å²) in [4.78, 5) is 19.3. The molecule has 1 aromatic heterocycles. The van der Waals surface area contributed by atoms with Crippen molar-refractivity contribution in [2.24, 2.45) is 0 Å². The number of anilines is 1. The van der Waals surface area contributed by atoms with Gasteiger partial charge in [-0.1, -0.05) is 0 Å². The molecular formula is C11H16ClIN4O2. The molecule has 0 atom stereocenters. The number of carbonyl (C=O) groups is 1. The number of nitrogens with one attached hydrogen (secondary N) is 2. The Morgan fingerprint density at radius 1 is 1.47 bits per heavy atom. The van der Waals surface area contributed by atoms with Gasteiger partial charge in [0.1, 0.15) is 11.4 Å². The van der Waals surface area contributed by atoms with E-state index in [2.05, 4.69) is 43.2 Å². The van der Waals surface area contributed by atoms with Crippen molar-refractivity contribution in [3.8, 4) is 0 Å².